The van der Waals surface area contributed by atoms with Gasteiger partial charge in [-0.2, -0.15) is 0 Å². The lowest BCUT2D eigenvalue weighted by Crippen LogP contribution is -2.23. The van der Waals surface area contributed by atoms with Crippen molar-refractivity contribution in [2.45, 2.75) is 20.4 Å². The summed E-state index contributed by atoms with van der Waals surface area (Å²) >= 11 is 0. The van der Waals surface area contributed by atoms with Crippen LogP contribution in [0.5, 0.6) is 23.1 Å². The number of benzene rings is 2. The van der Waals surface area contributed by atoms with E-state index in [1.165, 1.54) is 12.1 Å². The minimum atomic E-state index is -0.322. The van der Waals surface area contributed by atoms with Gasteiger partial charge < -0.3 is 25.3 Å². The van der Waals surface area contributed by atoms with E-state index in [1.807, 2.05) is 38.1 Å². The Bertz CT molecular complexity index is 1010. The van der Waals surface area contributed by atoms with Crippen LogP contribution in [0.1, 0.15) is 19.4 Å². The predicted molar refractivity (Wildman–Crippen MR) is 134 cm³/mol. The maximum atomic E-state index is 13.0. The van der Waals surface area contributed by atoms with E-state index in [0.717, 1.165) is 5.56 Å². The average molecular weight is 552 g/mol. The first-order valence-electron chi connectivity index (χ1n) is 9.92. The Morgan fingerprint density at radius 1 is 1.00 bits per heavy atom. The molecule has 1 heterocycles. The van der Waals surface area contributed by atoms with Gasteiger partial charge in [-0.3, -0.25) is 0 Å². The molecule has 32 heavy (non-hydrogen) atoms. The second kappa shape index (κ2) is 12.7. The monoisotopic (exact) mass is 552 g/mol. The molecule has 9 heteroatoms. The molecule has 0 aliphatic rings. The third kappa shape index (κ3) is 7.56. The summed E-state index contributed by atoms with van der Waals surface area (Å²) in [6, 6.07) is 14.8. The third-order valence-electron chi connectivity index (χ3n) is 4.09. The lowest BCUT2D eigenvalue weighted by molar-refractivity contribution is 0.332. The van der Waals surface area contributed by atoms with E-state index in [1.54, 1.807) is 24.4 Å². The molecule has 7 nitrogen and oxygen atoms in total. The van der Waals surface area contributed by atoms with E-state index in [4.69, 9.17) is 19.9 Å². The molecule has 0 fully saturated rings. The molecule has 0 atom stereocenters. The van der Waals surface area contributed by atoms with Gasteiger partial charge in [-0.25, -0.2) is 14.4 Å². The Morgan fingerprint density at radius 2 is 1.72 bits per heavy atom. The zero-order chi connectivity index (χ0) is 22.1. The van der Waals surface area contributed by atoms with Gasteiger partial charge in [-0.05, 0) is 55.8 Å². The molecule has 0 saturated carbocycles. The zero-order valence-corrected chi connectivity index (χ0v) is 20.2. The topological polar surface area (TPSA) is 91.0 Å². The molecule has 0 aliphatic heterocycles. The number of anilines is 1. The molecular formula is C23H26FIN4O3. The minimum Gasteiger partial charge on any atom is -0.494 e. The molecule has 0 saturated heterocycles. The molecule has 2 aromatic carbocycles. The van der Waals surface area contributed by atoms with Crippen LogP contribution < -0.4 is 25.3 Å². The molecule has 170 valence electrons. The molecule has 1 aromatic heterocycles. The van der Waals surface area contributed by atoms with E-state index in [2.05, 4.69) is 15.3 Å². The number of nitrogens with zero attached hydrogens (tertiary/aromatic N) is 2. The van der Waals surface area contributed by atoms with E-state index >= 15 is 0 Å². The molecule has 0 spiro atoms. The van der Waals surface area contributed by atoms with Gasteiger partial charge >= 0.3 is 0 Å². The van der Waals surface area contributed by atoms with Gasteiger partial charge in [0.2, 0.25) is 5.88 Å². The van der Waals surface area contributed by atoms with E-state index in [-0.39, 0.29) is 35.8 Å². The zero-order valence-electron chi connectivity index (χ0n) is 17.9. The van der Waals surface area contributed by atoms with Crippen molar-refractivity contribution < 1.29 is 18.6 Å². The number of halogens is 2. The van der Waals surface area contributed by atoms with Crippen molar-refractivity contribution in [1.29, 1.82) is 0 Å². The number of rotatable bonds is 9. The molecule has 0 bridgehead atoms. The van der Waals surface area contributed by atoms with Gasteiger partial charge in [0.25, 0.3) is 0 Å². The molecule has 0 amide bonds. The smallest absolute Gasteiger partial charge is 0.219 e. The quantitative estimate of drug-likeness (QED) is 0.211. The van der Waals surface area contributed by atoms with Crippen LogP contribution in [0.3, 0.4) is 0 Å². The highest BCUT2D eigenvalue weighted by atomic mass is 127. The fraction of sp³-hybridized carbons (Fsp3) is 0.217. The normalized spacial score (nSPS) is 10.8. The number of pyridine rings is 1. The number of guanidine groups is 1. The van der Waals surface area contributed by atoms with Crippen molar-refractivity contribution in [3.63, 3.8) is 0 Å². The van der Waals surface area contributed by atoms with Crippen molar-refractivity contribution in [2.75, 3.05) is 18.5 Å². The third-order valence-corrected chi connectivity index (χ3v) is 4.09. The average Bonchev–Trinajstić information content (AvgIpc) is 2.77. The fourth-order valence-corrected chi connectivity index (χ4v) is 2.69. The Kier molecular flexibility index (Phi) is 9.99. The van der Waals surface area contributed by atoms with Gasteiger partial charge in [0.15, 0.2) is 5.96 Å². The van der Waals surface area contributed by atoms with Gasteiger partial charge in [0.05, 0.1) is 25.4 Å². The van der Waals surface area contributed by atoms with Gasteiger partial charge in [-0.1, -0.05) is 6.07 Å². The van der Waals surface area contributed by atoms with Crippen LogP contribution in [0.15, 0.2) is 65.8 Å². The molecule has 3 rings (SSSR count). The summed E-state index contributed by atoms with van der Waals surface area (Å²) in [7, 11) is 0. The molecular weight excluding hydrogens is 526 g/mol. The maximum absolute atomic E-state index is 13.0. The summed E-state index contributed by atoms with van der Waals surface area (Å²) in [4.78, 5) is 8.60. The van der Waals surface area contributed by atoms with E-state index < -0.39 is 0 Å². The lowest BCUT2D eigenvalue weighted by atomic mass is 10.2. The highest BCUT2D eigenvalue weighted by Gasteiger charge is 2.07. The van der Waals surface area contributed by atoms with Crippen LogP contribution in [-0.4, -0.2) is 24.2 Å². The fourth-order valence-electron chi connectivity index (χ4n) is 2.69. The predicted octanol–water partition coefficient (Wildman–Crippen LogP) is 5.36. The highest BCUT2D eigenvalue weighted by molar-refractivity contribution is 14.0. The largest absolute Gasteiger partial charge is 0.494 e. The minimum absolute atomic E-state index is 0. The summed E-state index contributed by atoms with van der Waals surface area (Å²) in [5.74, 6) is 2.20. The second-order valence-corrected chi connectivity index (χ2v) is 6.41. The molecule has 3 aromatic rings. The number of nitrogens with one attached hydrogen (secondary N) is 1. The van der Waals surface area contributed by atoms with Crippen molar-refractivity contribution in [3.8, 4) is 23.1 Å². The first-order valence-corrected chi connectivity index (χ1v) is 9.92. The first-order chi connectivity index (χ1) is 15.1. The number of hydrogen-bond acceptors (Lipinski definition) is 5. The number of ether oxygens (including phenoxy) is 3. The Morgan fingerprint density at radius 3 is 2.38 bits per heavy atom. The van der Waals surface area contributed by atoms with Crippen LogP contribution in [-0.2, 0) is 6.54 Å². The summed E-state index contributed by atoms with van der Waals surface area (Å²) in [5, 5.41) is 3.06. The summed E-state index contributed by atoms with van der Waals surface area (Å²) in [6.45, 7) is 5.25. The number of hydrogen-bond donors (Lipinski definition) is 2. The van der Waals surface area contributed by atoms with Crippen LogP contribution in [0, 0.1) is 5.82 Å². The van der Waals surface area contributed by atoms with Crippen molar-refractivity contribution >= 4 is 35.6 Å². The van der Waals surface area contributed by atoms with Crippen LogP contribution in [0.4, 0.5) is 10.1 Å². The Labute approximate surface area is 203 Å². The Hall–Kier alpha value is -3.08. The van der Waals surface area contributed by atoms with Crippen molar-refractivity contribution in [2.24, 2.45) is 10.7 Å². The van der Waals surface area contributed by atoms with Gasteiger partial charge in [0, 0.05) is 18.3 Å². The first kappa shape index (κ1) is 25.2. The van der Waals surface area contributed by atoms with Crippen LogP contribution >= 0.6 is 24.0 Å². The van der Waals surface area contributed by atoms with Crippen molar-refractivity contribution in [3.05, 3.63) is 72.2 Å². The lowest BCUT2D eigenvalue weighted by Gasteiger charge is -2.14. The standard InChI is InChI=1S/C23H25FN4O3.HI/c1-3-29-19-10-11-21(30-4-2)20(13-19)28-23(25)27-15-16-5-12-22(26-14-16)31-18-8-6-17(24)7-9-18;/h5-14H,3-4,15H2,1-2H3,(H3,25,27,28);1H. The second-order valence-electron chi connectivity index (χ2n) is 6.41. The Balaban J connectivity index is 0.00000363. The van der Waals surface area contributed by atoms with Crippen LogP contribution in [0.2, 0.25) is 0 Å². The number of nitrogens with two attached hydrogens (primary N) is 1. The summed E-state index contributed by atoms with van der Waals surface area (Å²) in [6.07, 6.45) is 1.65. The van der Waals surface area contributed by atoms with Gasteiger partial charge in [-0.15, -0.1) is 24.0 Å². The van der Waals surface area contributed by atoms with E-state index in [0.29, 0.717) is 48.6 Å². The number of aliphatic imine (C=N–C) groups is 1. The molecule has 3 N–H and O–H groups in total. The SMILES string of the molecule is CCOc1ccc(OCC)c(NC(N)=NCc2ccc(Oc3ccc(F)cc3)nc2)c1.I. The van der Waals surface area contributed by atoms with E-state index in [9.17, 15) is 4.39 Å². The number of aromatic nitrogens is 1. The molecule has 0 radical (unpaired) electrons. The summed E-state index contributed by atoms with van der Waals surface area (Å²) in [5.41, 5.74) is 7.58. The summed E-state index contributed by atoms with van der Waals surface area (Å²) < 4.78 is 29.7. The maximum Gasteiger partial charge on any atom is 0.219 e. The van der Waals surface area contributed by atoms with Gasteiger partial charge in [0.1, 0.15) is 23.1 Å². The van der Waals surface area contributed by atoms with Crippen molar-refractivity contribution in [1.82, 2.24) is 4.98 Å². The molecule has 0 unspecified atom stereocenters. The highest BCUT2D eigenvalue weighted by Crippen LogP contribution is 2.29. The van der Waals surface area contributed by atoms with Crippen LogP contribution in [0.25, 0.3) is 0 Å². The molecule has 0 aliphatic carbocycles.